The Morgan fingerprint density at radius 1 is 1.03 bits per heavy atom. The molecule has 3 aromatic rings. The number of aryl methyl sites for hydroxylation is 1. The van der Waals surface area contributed by atoms with E-state index < -0.39 is 5.56 Å². The number of methoxy groups -OCH3 is 1. The van der Waals surface area contributed by atoms with E-state index in [1.165, 1.54) is 12.1 Å². The smallest absolute Gasteiger partial charge is 0.266 e. The standard InChI is InChI=1S/C21H15Cl3N2O3/c1-11-5-14(15(9-25)21(27)26-11)12-3-4-19(28-2)13(6-12)10-29-20-8-17(23)16(22)7-18(20)24/h3-8H,10H2,1-2H3,(H,26,27). The first-order chi connectivity index (χ1) is 13.8. The summed E-state index contributed by atoms with van der Waals surface area (Å²) in [5.74, 6) is 0.961. The van der Waals surface area contributed by atoms with Gasteiger partial charge in [0.1, 0.15) is 29.7 Å². The van der Waals surface area contributed by atoms with Gasteiger partial charge in [-0.2, -0.15) is 5.26 Å². The van der Waals surface area contributed by atoms with Gasteiger partial charge in [0, 0.05) is 22.9 Å². The third-order valence-electron chi connectivity index (χ3n) is 4.23. The van der Waals surface area contributed by atoms with E-state index in [-0.39, 0.29) is 12.2 Å². The van der Waals surface area contributed by atoms with E-state index >= 15 is 0 Å². The molecule has 0 fully saturated rings. The molecule has 0 bridgehead atoms. The number of H-pyrrole nitrogens is 1. The molecule has 29 heavy (non-hydrogen) atoms. The molecule has 0 spiro atoms. The molecule has 0 amide bonds. The molecule has 0 aliphatic carbocycles. The fourth-order valence-corrected chi connectivity index (χ4v) is 3.45. The van der Waals surface area contributed by atoms with Gasteiger partial charge in [0.25, 0.3) is 5.56 Å². The number of hydrogen-bond donors (Lipinski definition) is 1. The van der Waals surface area contributed by atoms with Crippen LogP contribution >= 0.6 is 34.8 Å². The third-order valence-corrected chi connectivity index (χ3v) is 5.25. The van der Waals surface area contributed by atoms with E-state index in [9.17, 15) is 10.1 Å². The van der Waals surface area contributed by atoms with E-state index in [1.807, 2.05) is 6.07 Å². The van der Waals surface area contributed by atoms with Gasteiger partial charge in [-0.25, -0.2) is 0 Å². The van der Waals surface area contributed by atoms with Crippen molar-refractivity contribution in [2.75, 3.05) is 7.11 Å². The van der Waals surface area contributed by atoms with Crippen molar-refractivity contribution in [3.05, 3.63) is 78.6 Å². The fourth-order valence-electron chi connectivity index (χ4n) is 2.86. The summed E-state index contributed by atoms with van der Waals surface area (Å²) < 4.78 is 11.2. The second-order valence-corrected chi connectivity index (χ2v) is 7.42. The van der Waals surface area contributed by atoms with Gasteiger partial charge < -0.3 is 14.5 Å². The van der Waals surface area contributed by atoms with Gasteiger partial charge in [-0.1, -0.05) is 40.9 Å². The SMILES string of the molecule is COc1ccc(-c2cc(C)[nH]c(=O)c2C#N)cc1COc1cc(Cl)c(Cl)cc1Cl. The Morgan fingerprint density at radius 2 is 1.76 bits per heavy atom. The number of nitrogens with one attached hydrogen (secondary N) is 1. The molecule has 2 aromatic carbocycles. The van der Waals surface area contributed by atoms with Crippen molar-refractivity contribution in [2.45, 2.75) is 13.5 Å². The second-order valence-electron chi connectivity index (χ2n) is 6.19. The van der Waals surface area contributed by atoms with Crippen molar-refractivity contribution < 1.29 is 9.47 Å². The first-order valence-corrected chi connectivity index (χ1v) is 9.56. The van der Waals surface area contributed by atoms with Crippen molar-refractivity contribution >= 4 is 34.8 Å². The van der Waals surface area contributed by atoms with Crippen LogP contribution < -0.4 is 15.0 Å². The summed E-state index contributed by atoms with van der Waals surface area (Å²) in [5, 5.41) is 10.4. The summed E-state index contributed by atoms with van der Waals surface area (Å²) in [7, 11) is 1.54. The van der Waals surface area contributed by atoms with E-state index in [4.69, 9.17) is 44.3 Å². The van der Waals surface area contributed by atoms with Crippen molar-refractivity contribution in [2.24, 2.45) is 0 Å². The van der Waals surface area contributed by atoms with Crippen LogP contribution in [-0.2, 0) is 6.61 Å². The van der Waals surface area contributed by atoms with Crippen molar-refractivity contribution in [3.63, 3.8) is 0 Å². The first kappa shape index (κ1) is 21.1. The minimum atomic E-state index is -0.432. The van der Waals surface area contributed by atoms with Crippen molar-refractivity contribution in [3.8, 4) is 28.7 Å². The van der Waals surface area contributed by atoms with Crippen LogP contribution in [0.3, 0.4) is 0 Å². The van der Waals surface area contributed by atoms with Crippen LogP contribution in [-0.4, -0.2) is 12.1 Å². The molecule has 1 heterocycles. The summed E-state index contributed by atoms with van der Waals surface area (Å²) in [6.45, 7) is 1.88. The lowest BCUT2D eigenvalue weighted by Gasteiger charge is -2.14. The topological polar surface area (TPSA) is 75.1 Å². The summed E-state index contributed by atoms with van der Waals surface area (Å²) in [4.78, 5) is 14.7. The Morgan fingerprint density at radius 3 is 2.45 bits per heavy atom. The fraction of sp³-hybridized carbons (Fsp3) is 0.143. The van der Waals surface area contributed by atoms with E-state index in [1.54, 1.807) is 38.3 Å². The van der Waals surface area contributed by atoms with Crippen molar-refractivity contribution in [1.29, 1.82) is 5.26 Å². The van der Waals surface area contributed by atoms with Gasteiger partial charge >= 0.3 is 0 Å². The molecule has 0 atom stereocenters. The first-order valence-electron chi connectivity index (χ1n) is 8.42. The highest BCUT2D eigenvalue weighted by molar-refractivity contribution is 6.43. The zero-order valence-electron chi connectivity index (χ0n) is 15.5. The molecule has 1 N–H and O–H groups in total. The van der Waals surface area contributed by atoms with E-state index in [0.29, 0.717) is 49.0 Å². The lowest BCUT2D eigenvalue weighted by atomic mass is 9.99. The largest absolute Gasteiger partial charge is 0.496 e. The molecular formula is C21H15Cl3N2O3. The summed E-state index contributed by atoms with van der Waals surface area (Å²) in [6, 6.07) is 12.1. The Kier molecular flexibility index (Phi) is 6.39. The minimum Gasteiger partial charge on any atom is -0.496 e. The zero-order chi connectivity index (χ0) is 21.1. The van der Waals surface area contributed by atoms with Gasteiger partial charge in [0.2, 0.25) is 0 Å². The average Bonchev–Trinajstić information content (AvgIpc) is 2.69. The highest BCUT2D eigenvalue weighted by Crippen LogP contribution is 2.35. The van der Waals surface area contributed by atoms with E-state index in [2.05, 4.69) is 4.98 Å². The summed E-state index contributed by atoms with van der Waals surface area (Å²) in [6.07, 6.45) is 0. The van der Waals surface area contributed by atoms with Gasteiger partial charge in [-0.3, -0.25) is 4.79 Å². The number of pyridine rings is 1. The van der Waals surface area contributed by atoms with Crippen LogP contribution in [0.4, 0.5) is 0 Å². The highest BCUT2D eigenvalue weighted by Gasteiger charge is 2.14. The van der Waals surface area contributed by atoms with Gasteiger partial charge in [-0.15, -0.1) is 0 Å². The second kappa shape index (κ2) is 8.79. The number of aromatic amines is 1. The number of benzene rings is 2. The molecule has 0 aliphatic heterocycles. The number of rotatable bonds is 5. The number of ether oxygens (including phenoxy) is 2. The molecule has 0 radical (unpaired) electrons. The lowest BCUT2D eigenvalue weighted by Crippen LogP contribution is -2.12. The van der Waals surface area contributed by atoms with Crippen LogP contribution in [0.25, 0.3) is 11.1 Å². The van der Waals surface area contributed by atoms with Crippen LogP contribution in [0, 0.1) is 18.3 Å². The lowest BCUT2D eigenvalue weighted by molar-refractivity contribution is 0.297. The van der Waals surface area contributed by atoms with Gasteiger partial charge in [-0.05, 0) is 36.8 Å². The number of nitriles is 1. The molecule has 1 aromatic heterocycles. The third kappa shape index (κ3) is 4.51. The number of aromatic nitrogens is 1. The number of halogens is 3. The molecule has 148 valence electrons. The van der Waals surface area contributed by atoms with Gasteiger partial charge in [0.05, 0.1) is 22.2 Å². The molecular weight excluding hydrogens is 435 g/mol. The number of hydrogen-bond acceptors (Lipinski definition) is 4. The Bertz CT molecular complexity index is 1180. The number of nitrogens with zero attached hydrogens (tertiary/aromatic N) is 1. The van der Waals surface area contributed by atoms with Gasteiger partial charge in [0.15, 0.2) is 0 Å². The Labute approximate surface area is 182 Å². The molecule has 0 aliphatic rings. The van der Waals surface area contributed by atoms with Crippen molar-refractivity contribution in [1.82, 2.24) is 4.98 Å². The molecule has 0 saturated carbocycles. The average molecular weight is 450 g/mol. The molecule has 0 saturated heterocycles. The summed E-state index contributed by atoms with van der Waals surface area (Å²) in [5.41, 5.74) is 2.19. The predicted molar refractivity (Wildman–Crippen MR) is 114 cm³/mol. The zero-order valence-corrected chi connectivity index (χ0v) is 17.7. The Hall–Kier alpha value is -2.65. The molecule has 3 rings (SSSR count). The molecule has 8 heteroatoms. The Balaban J connectivity index is 2.00. The quantitative estimate of drug-likeness (QED) is 0.502. The van der Waals surface area contributed by atoms with E-state index in [0.717, 1.165) is 0 Å². The summed E-state index contributed by atoms with van der Waals surface area (Å²) >= 11 is 18.2. The maximum Gasteiger partial charge on any atom is 0.266 e. The normalized spacial score (nSPS) is 10.5. The molecule has 5 nitrogen and oxygen atoms in total. The minimum absolute atomic E-state index is 0.0418. The monoisotopic (exact) mass is 448 g/mol. The maximum atomic E-state index is 12.1. The van der Waals surface area contributed by atoms with Crippen LogP contribution in [0.2, 0.25) is 15.1 Å². The maximum absolute atomic E-state index is 12.1. The predicted octanol–water partition coefficient (Wildman–Crippen LogP) is 5.77. The highest BCUT2D eigenvalue weighted by atomic mass is 35.5. The van der Waals surface area contributed by atoms with Crippen LogP contribution in [0.15, 0.2) is 41.2 Å². The molecule has 0 unspecified atom stereocenters. The van der Waals surface area contributed by atoms with Crippen LogP contribution in [0.5, 0.6) is 11.5 Å². The van der Waals surface area contributed by atoms with Crippen LogP contribution in [0.1, 0.15) is 16.8 Å².